The summed E-state index contributed by atoms with van der Waals surface area (Å²) in [6.07, 6.45) is 1.85. The van der Waals surface area contributed by atoms with Crippen molar-refractivity contribution in [3.63, 3.8) is 0 Å². The van der Waals surface area contributed by atoms with Crippen molar-refractivity contribution < 1.29 is 9.53 Å². The van der Waals surface area contributed by atoms with Crippen LogP contribution in [0.15, 0.2) is 48.7 Å². The van der Waals surface area contributed by atoms with Crippen molar-refractivity contribution in [3.05, 3.63) is 69.8 Å². The van der Waals surface area contributed by atoms with Gasteiger partial charge in [0.05, 0.1) is 11.9 Å². The first-order valence-electron chi connectivity index (χ1n) is 10.2. The van der Waals surface area contributed by atoms with Crippen LogP contribution >= 0.6 is 35.6 Å². The van der Waals surface area contributed by atoms with Crippen LogP contribution in [-0.2, 0) is 0 Å². The lowest BCUT2D eigenvalue weighted by molar-refractivity contribution is 0.0791. The molecule has 10 heteroatoms. The van der Waals surface area contributed by atoms with Gasteiger partial charge in [0.15, 0.2) is 5.82 Å². The van der Waals surface area contributed by atoms with E-state index in [1.165, 1.54) is 0 Å². The second-order valence-corrected chi connectivity index (χ2v) is 8.54. The Morgan fingerprint density at radius 2 is 1.91 bits per heavy atom. The van der Waals surface area contributed by atoms with Gasteiger partial charge in [-0.1, -0.05) is 41.4 Å². The number of benzene rings is 2. The van der Waals surface area contributed by atoms with Crippen molar-refractivity contribution in [2.45, 2.75) is 25.5 Å². The molecule has 2 aromatic carbocycles. The molecular formula is C23H24Cl3N5O2. The summed E-state index contributed by atoms with van der Waals surface area (Å²) in [5.41, 5.74) is 14.4. The number of carbonyl (C=O) groups is 1. The first-order valence-corrected chi connectivity index (χ1v) is 11.0. The Hall–Kier alpha value is -2.58. The van der Waals surface area contributed by atoms with Crippen LogP contribution in [0.2, 0.25) is 10.0 Å². The zero-order chi connectivity index (χ0) is 22.8. The first kappa shape index (κ1) is 25.1. The summed E-state index contributed by atoms with van der Waals surface area (Å²) >= 11 is 12.6. The fourth-order valence-electron chi connectivity index (χ4n) is 3.70. The number of halogens is 3. The quantitative estimate of drug-likeness (QED) is 0.514. The zero-order valence-corrected chi connectivity index (χ0v) is 20.2. The molecule has 174 valence electrons. The maximum Gasteiger partial charge on any atom is 0.258 e. The van der Waals surface area contributed by atoms with Crippen LogP contribution < -0.4 is 16.2 Å². The molecule has 1 amide bonds. The summed E-state index contributed by atoms with van der Waals surface area (Å²) in [4.78, 5) is 23.4. The van der Waals surface area contributed by atoms with Crippen LogP contribution in [-0.4, -0.2) is 39.9 Å². The lowest BCUT2D eigenvalue weighted by Gasteiger charge is -2.18. The molecule has 1 fully saturated rings. The lowest BCUT2D eigenvalue weighted by atomic mass is 10.1. The normalized spacial score (nSPS) is 16.2. The zero-order valence-electron chi connectivity index (χ0n) is 17.9. The highest BCUT2D eigenvalue weighted by Crippen LogP contribution is 2.34. The molecule has 3 aromatic rings. The number of hydrogen-bond donors (Lipinski definition) is 2. The Balaban J connectivity index is 0.00000306. The molecule has 0 saturated carbocycles. The minimum Gasteiger partial charge on any atom is -0.467 e. The van der Waals surface area contributed by atoms with Gasteiger partial charge < -0.3 is 21.1 Å². The number of hydrogen-bond acceptors (Lipinski definition) is 6. The van der Waals surface area contributed by atoms with E-state index in [1.54, 1.807) is 48.4 Å². The fraction of sp³-hybridized carbons (Fsp3) is 0.261. The van der Waals surface area contributed by atoms with Crippen molar-refractivity contribution in [2.24, 2.45) is 5.73 Å². The monoisotopic (exact) mass is 507 g/mol. The molecule has 0 bridgehead atoms. The number of carbonyl (C=O) groups excluding carboxylic acids is 1. The maximum atomic E-state index is 12.8. The van der Waals surface area contributed by atoms with Crippen LogP contribution in [0.25, 0.3) is 11.3 Å². The molecule has 2 unspecified atom stereocenters. The van der Waals surface area contributed by atoms with E-state index in [0.29, 0.717) is 40.0 Å². The maximum absolute atomic E-state index is 12.8. The van der Waals surface area contributed by atoms with Gasteiger partial charge in [-0.3, -0.25) is 4.79 Å². The highest BCUT2D eigenvalue weighted by Gasteiger charge is 2.25. The molecule has 4 N–H and O–H groups in total. The predicted octanol–water partition coefficient (Wildman–Crippen LogP) is 4.77. The molecule has 0 spiro atoms. The Kier molecular flexibility index (Phi) is 8.02. The Bertz CT molecular complexity index is 1140. The second-order valence-electron chi connectivity index (χ2n) is 7.72. The number of nitrogens with two attached hydrogens (primary N) is 2. The summed E-state index contributed by atoms with van der Waals surface area (Å²) in [7, 11) is 0. The molecule has 0 radical (unpaired) electrons. The van der Waals surface area contributed by atoms with E-state index >= 15 is 0 Å². The van der Waals surface area contributed by atoms with E-state index in [4.69, 9.17) is 39.4 Å². The summed E-state index contributed by atoms with van der Waals surface area (Å²) in [5.74, 6) is 0.247. The van der Waals surface area contributed by atoms with Crippen LogP contribution in [0.5, 0.6) is 5.88 Å². The van der Waals surface area contributed by atoms with Crippen molar-refractivity contribution in [1.29, 1.82) is 0 Å². The number of ether oxygens (including phenoxy) is 1. The molecule has 4 rings (SSSR count). The predicted molar refractivity (Wildman–Crippen MR) is 133 cm³/mol. The molecule has 33 heavy (non-hydrogen) atoms. The van der Waals surface area contributed by atoms with Crippen LogP contribution in [0.4, 0.5) is 5.82 Å². The Morgan fingerprint density at radius 3 is 2.58 bits per heavy atom. The molecule has 1 saturated heterocycles. The summed E-state index contributed by atoms with van der Waals surface area (Å²) in [6, 6.07) is 12.5. The van der Waals surface area contributed by atoms with E-state index < -0.39 is 6.10 Å². The van der Waals surface area contributed by atoms with Gasteiger partial charge in [-0.05, 0) is 37.6 Å². The van der Waals surface area contributed by atoms with Crippen molar-refractivity contribution >= 4 is 47.3 Å². The third-order valence-corrected chi connectivity index (χ3v) is 6.04. The number of nitrogens with zero attached hydrogens (tertiary/aromatic N) is 3. The van der Waals surface area contributed by atoms with E-state index in [0.717, 1.165) is 12.0 Å². The smallest absolute Gasteiger partial charge is 0.258 e. The summed E-state index contributed by atoms with van der Waals surface area (Å²) < 4.78 is 5.97. The van der Waals surface area contributed by atoms with Gasteiger partial charge in [0.25, 0.3) is 11.8 Å². The Labute approximate surface area is 208 Å². The van der Waals surface area contributed by atoms with E-state index in [-0.39, 0.29) is 36.1 Å². The highest BCUT2D eigenvalue weighted by atomic mass is 35.5. The second kappa shape index (κ2) is 10.6. The minimum absolute atomic E-state index is 0. The van der Waals surface area contributed by atoms with Gasteiger partial charge in [-0.2, -0.15) is 0 Å². The van der Waals surface area contributed by atoms with Crippen molar-refractivity contribution in [3.8, 4) is 17.1 Å². The van der Waals surface area contributed by atoms with Gasteiger partial charge in [0.1, 0.15) is 6.10 Å². The van der Waals surface area contributed by atoms with Crippen LogP contribution in [0, 0.1) is 0 Å². The molecule has 7 nitrogen and oxygen atoms in total. The highest BCUT2D eigenvalue weighted by molar-refractivity contribution is 6.36. The number of anilines is 1. The summed E-state index contributed by atoms with van der Waals surface area (Å²) in [5, 5.41) is 0.973. The molecule has 1 aliphatic heterocycles. The lowest BCUT2D eigenvalue weighted by Crippen LogP contribution is -2.31. The minimum atomic E-state index is -0.504. The number of amides is 1. The van der Waals surface area contributed by atoms with Gasteiger partial charge in [0, 0.05) is 45.9 Å². The molecule has 1 aliphatic rings. The molecule has 2 heterocycles. The summed E-state index contributed by atoms with van der Waals surface area (Å²) in [6.45, 7) is 3.03. The number of likely N-dealkylation sites (tertiary alicyclic amines) is 1. The van der Waals surface area contributed by atoms with E-state index in [2.05, 4.69) is 9.97 Å². The van der Waals surface area contributed by atoms with Gasteiger partial charge in [-0.25, -0.2) is 9.97 Å². The number of aromatic nitrogens is 2. The molecule has 1 aromatic heterocycles. The first-order chi connectivity index (χ1) is 15.3. The topological polar surface area (TPSA) is 107 Å². The average Bonchev–Trinajstić information content (AvgIpc) is 3.21. The van der Waals surface area contributed by atoms with Gasteiger partial charge >= 0.3 is 0 Å². The fourth-order valence-corrected chi connectivity index (χ4v) is 4.40. The third-order valence-electron chi connectivity index (χ3n) is 5.38. The SMILES string of the molecule is CC(Oc1nc(-c2cccc(C(=O)N3CCC(N)C3)c2)cnc1N)c1c(Cl)cccc1Cl.Cl. The van der Waals surface area contributed by atoms with Crippen LogP contribution in [0.1, 0.15) is 35.4 Å². The number of nitrogen functional groups attached to an aromatic ring is 1. The Morgan fingerprint density at radius 1 is 1.21 bits per heavy atom. The average molecular weight is 509 g/mol. The third kappa shape index (κ3) is 5.50. The van der Waals surface area contributed by atoms with Crippen molar-refractivity contribution in [2.75, 3.05) is 18.8 Å². The van der Waals surface area contributed by atoms with E-state index in [9.17, 15) is 4.79 Å². The van der Waals surface area contributed by atoms with Gasteiger partial charge in [0.2, 0.25) is 0 Å². The number of rotatable bonds is 5. The molecule has 2 atom stereocenters. The van der Waals surface area contributed by atoms with Crippen LogP contribution in [0.3, 0.4) is 0 Å². The van der Waals surface area contributed by atoms with E-state index in [1.807, 2.05) is 12.1 Å². The molecule has 0 aliphatic carbocycles. The van der Waals surface area contributed by atoms with Gasteiger partial charge in [-0.15, -0.1) is 12.4 Å². The largest absolute Gasteiger partial charge is 0.467 e. The standard InChI is InChI=1S/C23H23Cl2N5O2.ClH/c1-13(20-17(24)6-3-7-18(20)25)32-22-21(27)28-11-19(29-22)14-4-2-5-15(10-14)23(31)30-9-8-16(26)12-30;/h2-7,10-11,13,16H,8-9,12,26H2,1H3,(H2,27,28);1H. The molecular weight excluding hydrogens is 485 g/mol. The van der Waals surface area contributed by atoms with Crippen molar-refractivity contribution in [1.82, 2.24) is 14.9 Å².